The predicted octanol–water partition coefficient (Wildman–Crippen LogP) is 7.28. The molecule has 0 aliphatic carbocycles. The Kier molecular flexibility index (Phi) is 5.62. The minimum absolute atomic E-state index is 0.327. The molecule has 0 fully saturated rings. The SMILES string of the molecule is CC(=O)Oc1c(-c2cn(Cc3ccccc3)c3ccccc23)n(Cc2ccccc2)c2ccccc12. The summed E-state index contributed by atoms with van der Waals surface area (Å²) < 4.78 is 10.5. The number of nitrogens with zero attached hydrogens (tertiary/aromatic N) is 2. The quantitative estimate of drug-likeness (QED) is 0.240. The van der Waals surface area contributed by atoms with E-state index in [1.165, 1.54) is 18.1 Å². The molecule has 0 spiro atoms. The molecular formula is C32H26N2O2. The molecule has 2 heterocycles. The summed E-state index contributed by atoms with van der Waals surface area (Å²) >= 11 is 0. The van der Waals surface area contributed by atoms with Crippen LogP contribution in [0.4, 0.5) is 0 Å². The van der Waals surface area contributed by atoms with Gasteiger partial charge in [-0.2, -0.15) is 0 Å². The van der Waals surface area contributed by atoms with Crippen molar-refractivity contribution in [1.29, 1.82) is 0 Å². The first kappa shape index (κ1) is 21.9. The second-order valence-corrected chi connectivity index (χ2v) is 9.03. The number of para-hydroxylation sites is 2. The third-order valence-corrected chi connectivity index (χ3v) is 6.59. The molecule has 0 amide bonds. The molecule has 0 unspecified atom stereocenters. The lowest BCUT2D eigenvalue weighted by Gasteiger charge is -2.12. The highest BCUT2D eigenvalue weighted by Crippen LogP contribution is 2.44. The van der Waals surface area contributed by atoms with Crippen LogP contribution in [0.2, 0.25) is 0 Å². The second kappa shape index (κ2) is 9.23. The minimum atomic E-state index is -0.327. The van der Waals surface area contributed by atoms with E-state index in [0.717, 1.165) is 39.6 Å². The van der Waals surface area contributed by atoms with Crippen molar-refractivity contribution < 1.29 is 9.53 Å². The molecule has 0 bridgehead atoms. The van der Waals surface area contributed by atoms with Gasteiger partial charge in [-0.15, -0.1) is 0 Å². The summed E-state index contributed by atoms with van der Waals surface area (Å²) in [6, 6.07) is 37.4. The number of benzene rings is 4. The Bertz CT molecular complexity index is 1680. The van der Waals surface area contributed by atoms with Crippen molar-refractivity contribution in [2.24, 2.45) is 0 Å². The highest BCUT2D eigenvalue weighted by Gasteiger charge is 2.24. The summed E-state index contributed by atoms with van der Waals surface area (Å²) in [5.41, 5.74) is 6.55. The molecule has 4 aromatic carbocycles. The van der Waals surface area contributed by atoms with Crippen LogP contribution >= 0.6 is 0 Å². The number of ether oxygens (including phenoxy) is 1. The van der Waals surface area contributed by atoms with E-state index in [4.69, 9.17) is 4.74 Å². The molecule has 0 atom stereocenters. The average molecular weight is 471 g/mol. The molecule has 0 N–H and O–H groups in total. The molecule has 4 nitrogen and oxygen atoms in total. The Hall–Kier alpha value is -4.57. The average Bonchev–Trinajstić information content (AvgIpc) is 3.40. The Morgan fingerprint density at radius 2 is 1.22 bits per heavy atom. The van der Waals surface area contributed by atoms with Crippen molar-refractivity contribution in [3.8, 4) is 17.0 Å². The molecule has 6 aromatic rings. The number of carbonyl (C=O) groups is 1. The molecule has 36 heavy (non-hydrogen) atoms. The Morgan fingerprint density at radius 1 is 0.667 bits per heavy atom. The van der Waals surface area contributed by atoms with Gasteiger partial charge in [0.05, 0.1) is 11.2 Å². The number of rotatable bonds is 6. The third kappa shape index (κ3) is 3.97. The molecule has 4 heteroatoms. The molecule has 0 radical (unpaired) electrons. The zero-order valence-corrected chi connectivity index (χ0v) is 20.1. The summed E-state index contributed by atoms with van der Waals surface area (Å²) in [4.78, 5) is 12.3. The van der Waals surface area contributed by atoms with Crippen LogP contribution in [0.3, 0.4) is 0 Å². The first-order valence-corrected chi connectivity index (χ1v) is 12.1. The summed E-state index contributed by atoms with van der Waals surface area (Å²) in [7, 11) is 0. The molecule has 0 saturated heterocycles. The van der Waals surface area contributed by atoms with Gasteiger partial charge < -0.3 is 13.9 Å². The standard InChI is InChI=1S/C32H26N2O2/c1-23(35)36-32-27-17-9-11-19-30(27)34(21-25-14-6-3-7-15-25)31(32)28-22-33(20-24-12-4-2-5-13-24)29-18-10-8-16-26(28)29/h2-19,22H,20-21H2,1H3. The summed E-state index contributed by atoms with van der Waals surface area (Å²) in [5, 5.41) is 2.05. The van der Waals surface area contributed by atoms with E-state index >= 15 is 0 Å². The van der Waals surface area contributed by atoms with Crippen LogP contribution in [0.25, 0.3) is 33.1 Å². The number of esters is 1. The lowest BCUT2D eigenvalue weighted by atomic mass is 10.1. The Morgan fingerprint density at radius 3 is 1.89 bits per heavy atom. The third-order valence-electron chi connectivity index (χ3n) is 6.59. The maximum Gasteiger partial charge on any atom is 0.308 e. The van der Waals surface area contributed by atoms with Gasteiger partial charge in [-0.1, -0.05) is 91.0 Å². The van der Waals surface area contributed by atoms with Crippen LogP contribution in [0, 0.1) is 0 Å². The van der Waals surface area contributed by atoms with Crippen LogP contribution < -0.4 is 4.74 Å². The smallest absolute Gasteiger partial charge is 0.308 e. The van der Waals surface area contributed by atoms with Crippen molar-refractivity contribution in [2.45, 2.75) is 20.0 Å². The van der Waals surface area contributed by atoms with Gasteiger partial charge in [0.25, 0.3) is 0 Å². The topological polar surface area (TPSA) is 36.2 Å². The molecule has 176 valence electrons. The van der Waals surface area contributed by atoms with Gasteiger partial charge in [-0.3, -0.25) is 4.79 Å². The molecule has 0 aliphatic heterocycles. The molecule has 6 rings (SSSR count). The van der Waals surface area contributed by atoms with Crippen molar-refractivity contribution in [3.05, 3.63) is 127 Å². The Balaban J connectivity index is 1.63. The maximum absolute atomic E-state index is 12.3. The first-order valence-electron chi connectivity index (χ1n) is 12.1. The van der Waals surface area contributed by atoms with E-state index in [-0.39, 0.29) is 5.97 Å². The van der Waals surface area contributed by atoms with E-state index in [2.05, 4.69) is 94.2 Å². The van der Waals surface area contributed by atoms with Crippen molar-refractivity contribution in [2.75, 3.05) is 0 Å². The molecule has 2 aromatic heterocycles. The fourth-order valence-corrected chi connectivity index (χ4v) is 5.06. The van der Waals surface area contributed by atoms with Crippen LogP contribution in [-0.2, 0) is 17.9 Å². The van der Waals surface area contributed by atoms with Gasteiger partial charge in [0.15, 0.2) is 5.75 Å². The summed E-state index contributed by atoms with van der Waals surface area (Å²) in [5.74, 6) is 0.281. The number of hydrogen-bond acceptors (Lipinski definition) is 2. The Labute approximate surface area is 210 Å². The summed E-state index contributed by atoms with van der Waals surface area (Å²) in [6.45, 7) is 2.88. The van der Waals surface area contributed by atoms with Crippen LogP contribution in [0.5, 0.6) is 5.75 Å². The van der Waals surface area contributed by atoms with E-state index in [9.17, 15) is 4.79 Å². The van der Waals surface area contributed by atoms with Gasteiger partial charge in [-0.25, -0.2) is 0 Å². The van der Waals surface area contributed by atoms with Crippen molar-refractivity contribution in [1.82, 2.24) is 9.13 Å². The monoisotopic (exact) mass is 470 g/mol. The highest BCUT2D eigenvalue weighted by atomic mass is 16.5. The van der Waals surface area contributed by atoms with Gasteiger partial charge in [0, 0.05) is 48.1 Å². The van der Waals surface area contributed by atoms with Crippen molar-refractivity contribution in [3.63, 3.8) is 0 Å². The summed E-state index contributed by atoms with van der Waals surface area (Å²) in [6.07, 6.45) is 2.19. The van der Waals surface area contributed by atoms with Crippen molar-refractivity contribution >= 4 is 27.8 Å². The molecule has 0 aliphatic rings. The molecule has 0 saturated carbocycles. The van der Waals surface area contributed by atoms with E-state index in [0.29, 0.717) is 12.3 Å². The van der Waals surface area contributed by atoms with E-state index in [1.807, 2.05) is 30.3 Å². The van der Waals surface area contributed by atoms with Crippen LogP contribution in [0.1, 0.15) is 18.1 Å². The minimum Gasteiger partial charge on any atom is -0.424 e. The van der Waals surface area contributed by atoms with Gasteiger partial charge in [-0.05, 0) is 29.3 Å². The van der Waals surface area contributed by atoms with Gasteiger partial charge >= 0.3 is 5.97 Å². The normalized spacial score (nSPS) is 11.2. The number of aromatic nitrogens is 2. The molecular weight excluding hydrogens is 444 g/mol. The van der Waals surface area contributed by atoms with E-state index in [1.54, 1.807) is 0 Å². The van der Waals surface area contributed by atoms with E-state index < -0.39 is 0 Å². The lowest BCUT2D eigenvalue weighted by Crippen LogP contribution is -2.05. The number of hydrogen-bond donors (Lipinski definition) is 0. The fraction of sp³-hybridized carbons (Fsp3) is 0.0938. The first-order chi connectivity index (χ1) is 17.7. The fourth-order valence-electron chi connectivity index (χ4n) is 5.06. The van der Waals surface area contributed by atoms with Gasteiger partial charge in [0.2, 0.25) is 0 Å². The van der Waals surface area contributed by atoms with Gasteiger partial charge in [0.1, 0.15) is 0 Å². The van der Waals surface area contributed by atoms with Crippen LogP contribution in [0.15, 0.2) is 115 Å². The van der Waals surface area contributed by atoms with Crippen LogP contribution in [-0.4, -0.2) is 15.1 Å². The maximum atomic E-state index is 12.3. The largest absolute Gasteiger partial charge is 0.424 e. The number of carbonyl (C=O) groups excluding carboxylic acids is 1. The predicted molar refractivity (Wildman–Crippen MR) is 145 cm³/mol. The highest BCUT2D eigenvalue weighted by molar-refractivity contribution is 6.04. The second-order valence-electron chi connectivity index (χ2n) is 9.03. The zero-order chi connectivity index (χ0) is 24.5. The zero-order valence-electron chi connectivity index (χ0n) is 20.1. The number of fused-ring (bicyclic) bond motifs is 2. The lowest BCUT2D eigenvalue weighted by molar-refractivity contribution is -0.131.